The van der Waals surface area contributed by atoms with Gasteiger partial charge in [0, 0.05) is 31.9 Å². The Morgan fingerprint density at radius 2 is 2.16 bits per heavy atom. The second kappa shape index (κ2) is 4.80. The van der Waals surface area contributed by atoms with E-state index in [1.165, 1.54) is 5.57 Å². The van der Waals surface area contributed by atoms with Gasteiger partial charge in [0.25, 0.3) is 0 Å². The van der Waals surface area contributed by atoms with Gasteiger partial charge in [-0.15, -0.1) is 0 Å². The number of rotatable bonds is 1. The highest BCUT2D eigenvalue weighted by Crippen LogP contribution is 2.38. The van der Waals surface area contributed by atoms with Gasteiger partial charge in [-0.05, 0) is 38.2 Å². The molecule has 1 fully saturated rings. The number of piperazine rings is 1. The largest absolute Gasteiger partial charge is 0.384 e. The summed E-state index contributed by atoms with van der Waals surface area (Å²) in [5.41, 5.74) is 1.41. The predicted molar refractivity (Wildman–Crippen MR) is 72.5 cm³/mol. The van der Waals surface area contributed by atoms with Crippen molar-refractivity contribution in [2.75, 3.05) is 26.2 Å². The van der Waals surface area contributed by atoms with Gasteiger partial charge in [0.1, 0.15) is 11.6 Å². The van der Waals surface area contributed by atoms with E-state index >= 15 is 0 Å². The number of nitrogens with zero attached hydrogens (tertiary/aromatic N) is 1. The van der Waals surface area contributed by atoms with Crippen molar-refractivity contribution in [1.29, 1.82) is 0 Å². The van der Waals surface area contributed by atoms with Gasteiger partial charge < -0.3 is 20.6 Å². The molecule has 2 unspecified atom stereocenters. The lowest BCUT2D eigenvalue weighted by molar-refractivity contribution is -0.133. The van der Waals surface area contributed by atoms with Crippen molar-refractivity contribution in [2.24, 2.45) is 0 Å². The zero-order valence-corrected chi connectivity index (χ0v) is 11.5. The molecule has 0 bridgehead atoms. The summed E-state index contributed by atoms with van der Waals surface area (Å²) in [6.45, 7) is 5.19. The van der Waals surface area contributed by atoms with Crippen LogP contribution in [0.1, 0.15) is 32.6 Å². The van der Waals surface area contributed by atoms with Gasteiger partial charge in [-0.2, -0.15) is 0 Å². The summed E-state index contributed by atoms with van der Waals surface area (Å²) >= 11 is 0. The van der Waals surface area contributed by atoms with Crippen LogP contribution in [0.4, 0.5) is 0 Å². The highest BCUT2D eigenvalue weighted by atomic mass is 16.3. The number of aliphatic hydroxyl groups is 1. The molecule has 0 spiro atoms. The Kier molecular flexibility index (Phi) is 3.27. The summed E-state index contributed by atoms with van der Waals surface area (Å²) in [7, 11) is 0. The minimum absolute atomic E-state index is 0.160. The molecular formula is C14H23N3O2. The van der Waals surface area contributed by atoms with Crippen LogP contribution in [0.5, 0.6) is 0 Å². The summed E-state index contributed by atoms with van der Waals surface area (Å²) in [5, 5.41) is 17.0. The van der Waals surface area contributed by atoms with E-state index in [2.05, 4.69) is 10.6 Å². The van der Waals surface area contributed by atoms with Gasteiger partial charge in [0.05, 0.1) is 0 Å². The van der Waals surface area contributed by atoms with E-state index in [1.54, 1.807) is 0 Å². The molecule has 1 amide bonds. The lowest BCUT2D eigenvalue weighted by atomic mass is 9.85. The lowest BCUT2D eigenvalue weighted by Gasteiger charge is -2.32. The maximum atomic E-state index is 12.5. The molecule has 2 atom stereocenters. The van der Waals surface area contributed by atoms with E-state index in [-0.39, 0.29) is 11.9 Å². The Morgan fingerprint density at radius 1 is 1.42 bits per heavy atom. The standard InChI is InChI=1S/C14H23N3O2/c1-14(19)4-2-3-10-9-11(16-12(10)14)13(18)17-7-5-15-6-8-17/h11,15-16,19H,2-9H2,1H3. The number of amides is 1. The van der Waals surface area contributed by atoms with Crippen LogP contribution in [0.2, 0.25) is 0 Å². The molecule has 0 aromatic rings. The summed E-state index contributed by atoms with van der Waals surface area (Å²) in [6, 6.07) is -0.160. The van der Waals surface area contributed by atoms with Crippen molar-refractivity contribution in [2.45, 2.75) is 44.2 Å². The van der Waals surface area contributed by atoms with Crippen molar-refractivity contribution in [1.82, 2.24) is 15.5 Å². The normalized spacial score (nSPS) is 35.1. The van der Waals surface area contributed by atoms with Gasteiger partial charge in [0.15, 0.2) is 0 Å². The number of hydrogen-bond acceptors (Lipinski definition) is 4. The summed E-state index contributed by atoms with van der Waals surface area (Å²) < 4.78 is 0. The molecule has 3 N–H and O–H groups in total. The number of carbonyl (C=O) groups is 1. The van der Waals surface area contributed by atoms with E-state index in [9.17, 15) is 9.90 Å². The molecular weight excluding hydrogens is 242 g/mol. The molecule has 2 heterocycles. The average molecular weight is 265 g/mol. The third-order valence-corrected chi connectivity index (χ3v) is 4.53. The van der Waals surface area contributed by atoms with Crippen LogP contribution in [0.3, 0.4) is 0 Å². The molecule has 0 saturated carbocycles. The molecule has 5 heteroatoms. The van der Waals surface area contributed by atoms with Crippen LogP contribution < -0.4 is 10.6 Å². The third-order valence-electron chi connectivity index (χ3n) is 4.53. The van der Waals surface area contributed by atoms with Crippen molar-refractivity contribution in [3.8, 4) is 0 Å². The minimum Gasteiger partial charge on any atom is -0.384 e. The quantitative estimate of drug-likeness (QED) is 0.623. The van der Waals surface area contributed by atoms with Crippen LogP contribution in [0.15, 0.2) is 11.3 Å². The van der Waals surface area contributed by atoms with Crippen molar-refractivity contribution < 1.29 is 9.90 Å². The van der Waals surface area contributed by atoms with Crippen molar-refractivity contribution in [3.05, 3.63) is 11.3 Å². The first-order chi connectivity index (χ1) is 9.08. The molecule has 3 rings (SSSR count). The fourth-order valence-corrected chi connectivity index (χ4v) is 3.46. The molecule has 0 aromatic heterocycles. The van der Waals surface area contributed by atoms with Gasteiger partial charge in [-0.3, -0.25) is 4.79 Å². The summed E-state index contributed by atoms with van der Waals surface area (Å²) in [4.78, 5) is 14.4. The molecule has 3 aliphatic rings. The van der Waals surface area contributed by atoms with Gasteiger partial charge >= 0.3 is 0 Å². The SMILES string of the molecule is CC1(O)CCCC2=C1NC(C(=O)N1CCNCC1)C2. The predicted octanol–water partition coefficient (Wildman–Crippen LogP) is -0.0309. The van der Waals surface area contributed by atoms with E-state index < -0.39 is 5.60 Å². The monoisotopic (exact) mass is 265 g/mol. The Balaban J connectivity index is 1.68. The molecule has 0 aromatic carbocycles. The van der Waals surface area contributed by atoms with Crippen LogP contribution in [0.25, 0.3) is 0 Å². The topological polar surface area (TPSA) is 64.6 Å². The number of hydrogen-bond donors (Lipinski definition) is 3. The second-order valence-electron chi connectivity index (χ2n) is 6.08. The van der Waals surface area contributed by atoms with Gasteiger partial charge in [0.2, 0.25) is 5.91 Å². The van der Waals surface area contributed by atoms with Gasteiger partial charge in [-0.25, -0.2) is 0 Å². The smallest absolute Gasteiger partial charge is 0.245 e. The van der Waals surface area contributed by atoms with E-state index in [0.717, 1.165) is 57.6 Å². The molecule has 5 nitrogen and oxygen atoms in total. The third kappa shape index (κ3) is 2.37. The highest BCUT2D eigenvalue weighted by Gasteiger charge is 2.40. The van der Waals surface area contributed by atoms with E-state index in [1.807, 2.05) is 11.8 Å². The van der Waals surface area contributed by atoms with Crippen LogP contribution in [-0.4, -0.2) is 53.7 Å². The average Bonchev–Trinajstić information content (AvgIpc) is 2.84. The summed E-state index contributed by atoms with van der Waals surface area (Å²) in [6.07, 6.45) is 3.59. The molecule has 1 aliphatic carbocycles. The maximum Gasteiger partial charge on any atom is 0.245 e. The fraction of sp³-hybridized carbons (Fsp3) is 0.786. The first-order valence-electron chi connectivity index (χ1n) is 7.29. The van der Waals surface area contributed by atoms with Crippen LogP contribution >= 0.6 is 0 Å². The summed E-state index contributed by atoms with van der Waals surface area (Å²) in [5.74, 6) is 0.187. The maximum absolute atomic E-state index is 12.5. The van der Waals surface area contributed by atoms with Crippen molar-refractivity contribution >= 4 is 5.91 Å². The molecule has 0 radical (unpaired) electrons. The molecule has 2 aliphatic heterocycles. The first kappa shape index (κ1) is 12.9. The number of nitrogens with one attached hydrogen (secondary N) is 2. The lowest BCUT2D eigenvalue weighted by Crippen LogP contribution is -2.52. The Labute approximate surface area is 114 Å². The molecule has 106 valence electrons. The van der Waals surface area contributed by atoms with E-state index in [4.69, 9.17) is 0 Å². The fourth-order valence-electron chi connectivity index (χ4n) is 3.46. The van der Waals surface area contributed by atoms with Crippen LogP contribution in [-0.2, 0) is 4.79 Å². The van der Waals surface area contributed by atoms with Crippen LogP contribution in [0, 0.1) is 0 Å². The minimum atomic E-state index is -0.772. The second-order valence-corrected chi connectivity index (χ2v) is 6.08. The Bertz CT molecular complexity index is 411. The Morgan fingerprint density at radius 3 is 2.84 bits per heavy atom. The van der Waals surface area contributed by atoms with Crippen molar-refractivity contribution in [3.63, 3.8) is 0 Å². The Hall–Kier alpha value is -1.07. The zero-order chi connectivity index (χ0) is 13.5. The van der Waals surface area contributed by atoms with E-state index in [0.29, 0.717) is 0 Å². The van der Waals surface area contributed by atoms with Gasteiger partial charge in [-0.1, -0.05) is 0 Å². The first-order valence-corrected chi connectivity index (χ1v) is 7.29. The zero-order valence-electron chi connectivity index (χ0n) is 11.5. The number of carbonyl (C=O) groups excluding carboxylic acids is 1. The molecule has 19 heavy (non-hydrogen) atoms. The highest BCUT2D eigenvalue weighted by molar-refractivity contribution is 5.83. The molecule has 1 saturated heterocycles.